The maximum Gasteiger partial charge on any atom is 0.312 e. The largest absolute Gasteiger partial charge is 0.459 e. The van der Waals surface area contributed by atoms with E-state index in [0.717, 1.165) is 13.8 Å². The van der Waals surface area contributed by atoms with Gasteiger partial charge in [-0.2, -0.15) is 0 Å². The predicted octanol–water partition coefficient (Wildman–Crippen LogP) is 0.384. The van der Waals surface area contributed by atoms with Crippen molar-refractivity contribution in [3.63, 3.8) is 0 Å². The molecule has 9 atom stereocenters. The number of hydrogen-bond acceptors (Lipinski definition) is 10. The molecular weight excluding hydrogens is 448 g/mol. The Labute approximate surface area is 196 Å². The summed E-state index contributed by atoms with van der Waals surface area (Å²) in [5.74, 6) is -5.09. The van der Waals surface area contributed by atoms with Gasteiger partial charge in [-0.3, -0.25) is 19.2 Å². The monoisotopic (exact) mass is 478 g/mol. The minimum absolute atomic E-state index is 0.298. The first-order valence-electron chi connectivity index (χ1n) is 11.3. The fourth-order valence-corrected chi connectivity index (χ4v) is 6.01. The molecule has 0 spiro atoms. The molecule has 4 rings (SSSR count). The van der Waals surface area contributed by atoms with E-state index in [1.807, 2.05) is 0 Å². The van der Waals surface area contributed by atoms with Gasteiger partial charge in [-0.25, -0.2) is 0 Å². The van der Waals surface area contributed by atoms with Crippen LogP contribution in [0, 0.1) is 17.3 Å². The van der Waals surface area contributed by atoms with Gasteiger partial charge in [-0.1, -0.05) is 13.0 Å². The third kappa shape index (κ3) is 3.50. The van der Waals surface area contributed by atoms with Crippen molar-refractivity contribution in [2.45, 2.75) is 76.7 Å². The Morgan fingerprint density at radius 1 is 1.21 bits per heavy atom. The Balaban J connectivity index is 2.02. The molecule has 0 radical (unpaired) electrons. The Hall–Kier alpha value is -2.56. The molecule has 2 heterocycles. The number of carbonyl (C=O) groups is 4. The first kappa shape index (κ1) is 24.6. The zero-order chi connectivity index (χ0) is 25.2. The van der Waals surface area contributed by atoms with Gasteiger partial charge in [0.15, 0.2) is 23.1 Å². The van der Waals surface area contributed by atoms with Crippen LogP contribution in [0.5, 0.6) is 0 Å². The molecule has 10 heteroatoms. The highest BCUT2D eigenvalue weighted by molar-refractivity contribution is 5.99. The molecule has 0 amide bonds. The van der Waals surface area contributed by atoms with Gasteiger partial charge in [0.05, 0.1) is 30.7 Å². The summed E-state index contributed by atoms with van der Waals surface area (Å²) in [7, 11) is 0. The Morgan fingerprint density at radius 3 is 2.47 bits per heavy atom. The maximum atomic E-state index is 13.2. The van der Waals surface area contributed by atoms with E-state index in [1.54, 1.807) is 13.0 Å². The number of carbonyl (C=O) groups excluding carboxylic acids is 4. The van der Waals surface area contributed by atoms with Gasteiger partial charge in [0.25, 0.3) is 0 Å². The normalized spacial score (nSPS) is 46.7. The number of rotatable bonds is 3. The maximum absolute atomic E-state index is 13.2. The van der Waals surface area contributed by atoms with Crippen molar-refractivity contribution in [3.8, 4) is 0 Å². The van der Waals surface area contributed by atoms with Gasteiger partial charge in [-0.05, 0) is 38.0 Å². The third-order valence-electron chi connectivity index (χ3n) is 7.75. The summed E-state index contributed by atoms with van der Waals surface area (Å²) in [6.07, 6.45) is 1.01. The van der Waals surface area contributed by atoms with Crippen molar-refractivity contribution in [1.82, 2.24) is 0 Å². The predicted molar refractivity (Wildman–Crippen MR) is 114 cm³/mol. The molecular formula is C24H30O10. The molecule has 186 valence electrons. The summed E-state index contributed by atoms with van der Waals surface area (Å²) in [5.41, 5.74) is -4.56. The molecule has 0 saturated carbocycles. The Morgan fingerprint density at radius 2 is 1.88 bits per heavy atom. The quantitative estimate of drug-likeness (QED) is 0.252. The van der Waals surface area contributed by atoms with Crippen LogP contribution in [0.25, 0.3) is 0 Å². The lowest BCUT2D eigenvalue weighted by molar-refractivity contribution is -0.221. The van der Waals surface area contributed by atoms with Crippen molar-refractivity contribution in [2.24, 2.45) is 17.3 Å². The Kier molecular flexibility index (Phi) is 5.78. The first-order valence-corrected chi connectivity index (χ1v) is 11.3. The number of esters is 3. The van der Waals surface area contributed by atoms with Gasteiger partial charge in [0.1, 0.15) is 6.10 Å². The van der Waals surface area contributed by atoms with E-state index >= 15 is 0 Å². The lowest BCUT2D eigenvalue weighted by Crippen LogP contribution is -2.68. The number of ether oxygens (including phenoxy) is 4. The second-order valence-corrected chi connectivity index (χ2v) is 10.0. The number of aliphatic hydroxyl groups is 2. The zero-order valence-corrected chi connectivity index (χ0v) is 19.8. The fraction of sp³-hybridized carbons (Fsp3) is 0.667. The van der Waals surface area contributed by atoms with Gasteiger partial charge < -0.3 is 29.2 Å². The molecule has 2 saturated heterocycles. The van der Waals surface area contributed by atoms with Crippen LogP contribution in [0.2, 0.25) is 0 Å². The van der Waals surface area contributed by atoms with E-state index in [9.17, 15) is 29.4 Å². The lowest BCUT2D eigenvalue weighted by Gasteiger charge is -2.53. The van der Waals surface area contributed by atoms with Gasteiger partial charge in [-0.15, -0.1) is 0 Å². The lowest BCUT2D eigenvalue weighted by atomic mass is 9.55. The minimum atomic E-state index is -2.14. The second kappa shape index (κ2) is 8.00. The summed E-state index contributed by atoms with van der Waals surface area (Å²) >= 11 is 0. The topological polar surface area (TPSA) is 149 Å². The van der Waals surface area contributed by atoms with E-state index in [4.69, 9.17) is 18.9 Å². The van der Waals surface area contributed by atoms with Crippen LogP contribution in [0.4, 0.5) is 0 Å². The van der Waals surface area contributed by atoms with E-state index in [1.165, 1.54) is 26.0 Å². The summed E-state index contributed by atoms with van der Waals surface area (Å²) in [5, 5.41) is 22.1. The minimum Gasteiger partial charge on any atom is -0.459 e. The number of epoxide rings is 1. The molecule has 2 N–H and O–H groups in total. The van der Waals surface area contributed by atoms with Crippen molar-refractivity contribution in [1.29, 1.82) is 0 Å². The highest BCUT2D eigenvalue weighted by Crippen LogP contribution is 2.58. The van der Waals surface area contributed by atoms with Crippen molar-refractivity contribution in [2.75, 3.05) is 6.61 Å². The van der Waals surface area contributed by atoms with E-state index in [2.05, 4.69) is 0 Å². The molecule has 0 aromatic rings. The second-order valence-electron chi connectivity index (χ2n) is 10.0. The summed E-state index contributed by atoms with van der Waals surface area (Å²) in [6.45, 7) is 6.57. The molecule has 0 bridgehead atoms. The zero-order valence-electron chi connectivity index (χ0n) is 19.8. The van der Waals surface area contributed by atoms with Gasteiger partial charge >= 0.3 is 17.9 Å². The molecule has 2 aliphatic carbocycles. The first-order chi connectivity index (χ1) is 15.8. The Bertz CT molecular complexity index is 1000. The highest BCUT2D eigenvalue weighted by atomic mass is 16.6. The van der Waals surface area contributed by atoms with E-state index in [-0.39, 0.29) is 12.7 Å². The third-order valence-corrected chi connectivity index (χ3v) is 7.75. The van der Waals surface area contributed by atoms with Crippen molar-refractivity contribution in [3.05, 3.63) is 23.8 Å². The van der Waals surface area contributed by atoms with Crippen molar-refractivity contribution < 1.29 is 48.3 Å². The van der Waals surface area contributed by atoms with Crippen LogP contribution >= 0.6 is 0 Å². The van der Waals surface area contributed by atoms with Crippen LogP contribution in [0.1, 0.15) is 41.0 Å². The van der Waals surface area contributed by atoms with Crippen LogP contribution in [0.15, 0.2) is 23.8 Å². The van der Waals surface area contributed by atoms with E-state index < -0.39 is 70.5 Å². The SMILES string of the molecule is CC(=O)O[C@@H]1[C@@H]2[C@](C)(C=CC(=O)[C@@]2(C)OC(C)=O)[C@H]2O[C@@H]2C/C(CO)=C\[C@@H]2OC(=O)[C@H](C)[C@]21O. The van der Waals surface area contributed by atoms with Crippen LogP contribution in [-0.2, 0) is 38.1 Å². The average molecular weight is 478 g/mol. The molecule has 10 nitrogen and oxygen atoms in total. The molecule has 0 aromatic carbocycles. The molecule has 34 heavy (non-hydrogen) atoms. The number of fused-ring (bicyclic) bond motifs is 4. The van der Waals surface area contributed by atoms with Gasteiger partial charge in [0, 0.05) is 19.3 Å². The summed E-state index contributed by atoms with van der Waals surface area (Å²) < 4.78 is 22.7. The number of hydrogen-bond donors (Lipinski definition) is 2. The summed E-state index contributed by atoms with van der Waals surface area (Å²) in [4.78, 5) is 50.4. The van der Waals surface area contributed by atoms with E-state index in [0.29, 0.717) is 12.0 Å². The van der Waals surface area contributed by atoms with Crippen molar-refractivity contribution >= 4 is 23.7 Å². The van der Waals surface area contributed by atoms with Crippen LogP contribution < -0.4 is 0 Å². The summed E-state index contributed by atoms with van der Waals surface area (Å²) in [6, 6.07) is 0. The standard InChI is InChI=1S/C24H30O10/c1-11-21(29)33-17-9-14(10-25)8-15-19(32-15)22(4)7-6-16(28)23(5,34-13(3)27)18(22)20(24(11,17)30)31-12(2)26/h6-7,9,11,15,17-20,25,30H,8,10H2,1-5H3/b14-9+/t11-,15+,17-,18+,19-,20+,22-,23+,24-/m0/s1. The fourth-order valence-electron chi connectivity index (χ4n) is 6.01. The molecule has 2 aliphatic heterocycles. The van der Waals surface area contributed by atoms with Gasteiger partial charge in [0.2, 0.25) is 0 Å². The molecule has 4 aliphatic rings. The molecule has 2 fully saturated rings. The molecule has 0 aromatic heterocycles. The van der Waals surface area contributed by atoms with Crippen LogP contribution in [0.3, 0.4) is 0 Å². The average Bonchev–Trinajstić information content (AvgIpc) is 3.48. The number of ketones is 1. The molecule has 0 unspecified atom stereocenters. The highest BCUT2D eigenvalue weighted by Gasteiger charge is 2.72. The van der Waals surface area contributed by atoms with Crippen LogP contribution in [-0.4, -0.2) is 76.1 Å². The number of aliphatic hydroxyl groups excluding tert-OH is 1. The smallest absolute Gasteiger partial charge is 0.312 e.